The van der Waals surface area contributed by atoms with Crippen LogP contribution in [-0.2, 0) is 10.0 Å². The van der Waals surface area contributed by atoms with Gasteiger partial charge in [-0.2, -0.15) is 9.41 Å². The summed E-state index contributed by atoms with van der Waals surface area (Å²) in [6, 6.07) is 13.3. The summed E-state index contributed by atoms with van der Waals surface area (Å²) >= 11 is 0. The van der Waals surface area contributed by atoms with Gasteiger partial charge in [-0.15, -0.1) is 0 Å². The molecule has 2 aromatic rings. The average Bonchev–Trinajstić information content (AvgIpc) is 3.29. The number of hydrazone groups is 1. The lowest BCUT2D eigenvalue weighted by atomic mass is 10.2. The number of hydrogen-bond donors (Lipinski definition) is 1. The first-order valence-electron chi connectivity index (χ1n) is 9.67. The Bertz CT molecular complexity index is 948. The number of hydrogen-bond acceptors (Lipinski definition) is 5. The fourth-order valence-corrected chi connectivity index (χ4v) is 4.47. The van der Waals surface area contributed by atoms with Gasteiger partial charge in [0.25, 0.3) is 5.91 Å². The Morgan fingerprint density at radius 1 is 1.10 bits per heavy atom. The minimum atomic E-state index is -3.48. The first kappa shape index (κ1) is 21.0. The molecule has 0 spiro atoms. The number of nitrogens with one attached hydrogen (secondary N) is 1. The van der Waals surface area contributed by atoms with Crippen molar-refractivity contribution in [1.82, 2.24) is 9.73 Å². The van der Waals surface area contributed by atoms with E-state index >= 15 is 0 Å². The highest BCUT2D eigenvalue weighted by molar-refractivity contribution is 7.89. The van der Waals surface area contributed by atoms with Crippen LogP contribution in [0.25, 0.3) is 0 Å². The Morgan fingerprint density at radius 3 is 2.38 bits per heavy atom. The van der Waals surface area contributed by atoms with E-state index in [0.29, 0.717) is 25.3 Å². The van der Waals surface area contributed by atoms with Crippen LogP contribution in [0.15, 0.2) is 58.5 Å². The molecule has 1 heterocycles. The summed E-state index contributed by atoms with van der Waals surface area (Å²) in [5.74, 6) is 0.381. The predicted molar refractivity (Wildman–Crippen MR) is 112 cm³/mol. The molecule has 1 aliphatic heterocycles. The molecule has 0 aliphatic carbocycles. The average molecular weight is 416 g/mol. The molecule has 0 aromatic heterocycles. The van der Waals surface area contributed by atoms with Crippen molar-refractivity contribution >= 4 is 22.1 Å². The van der Waals surface area contributed by atoms with Crippen LogP contribution >= 0.6 is 0 Å². The van der Waals surface area contributed by atoms with Crippen molar-refractivity contribution in [3.05, 3.63) is 59.7 Å². The maximum Gasteiger partial charge on any atom is 0.271 e. The van der Waals surface area contributed by atoms with Gasteiger partial charge in [-0.05, 0) is 73.4 Å². The fourth-order valence-electron chi connectivity index (χ4n) is 2.96. The highest BCUT2D eigenvalue weighted by Gasteiger charge is 2.27. The van der Waals surface area contributed by atoms with Crippen LogP contribution in [0.4, 0.5) is 0 Å². The first-order chi connectivity index (χ1) is 14.0. The molecule has 1 fully saturated rings. The van der Waals surface area contributed by atoms with Gasteiger partial charge < -0.3 is 4.74 Å². The molecule has 0 atom stereocenters. The van der Waals surface area contributed by atoms with Crippen molar-refractivity contribution in [1.29, 1.82) is 0 Å². The van der Waals surface area contributed by atoms with Crippen molar-refractivity contribution < 1.29 is 17.9 Å². The summed E-state index contributed by atoms with van der Waals surface area (Å²) in [4.78, 5) is 12.4. The van der Waals surface area contributed by atoms with Crippen molar-refractivity contribution in [2.45, 2.75) is 31.1 Å². The van der Waals surface area contributed by atoms with Crippen LogP contribution in [0.1, 0.15) is 42.1 Å². The third-order valence-corrected chi connectivity index (χ3v) is 6.46. The van der Waals surface area contributed by atoms with E-state index in [0.717, 1.165) is 30.6 Å². The molecule has 3 rings (SSSR count). The monoisotopic (exact) mass is 415 g/mol. The number of carbonyl (C=O) groups is 1. The van der Waals surface area contributed by atoms with Gasteiger partial charge in [0.2, 0.25) is 10.0 Å². The number of carbonyl (C=O) groups excluding carboxylic acids is 1. The number of amides is 1. The quantitative estimate of drug-likeness (QED) is 0.530. The van der Waals surface area contributed by atoms with Crippen molar-refractivity contribution in [2.75, 3.05) is 19.7 Å². The molecule has 0 saturated carbocycles. The normalized spacial score (nSPS) is 14.9. The lowest BCUT2D eigenvalue weighted by Gasteiger charge is -2.15. The molecule has 1 saturated heterocycles. The summed E-state index contributed by atoms with van der Waals surface area (Å²) < 4.78 is 32.0. The summed E-state index contributed by atoms with van der Waals surface area (Å²) in [7, 11) is -3.48. The zero-order chi connectivity index (χ0) is 20.7. The Morgan fingerprint density at radius 2 is 1.76 bits per heavy atom. The number of ether oxygens (including phenoxy) is 1. The topological polar surface area (TPSA) is 88.1 Å². The number of sulfonamides is 1. The van der Waals surface area contributed by atoms with Gasteiger partial charge in [-0.1, -0.05) is 6.92 Å². The molecule has 0 unspecified atom stereocenters. The SMILES string of the molecule is CCCOc1ccc(/C=N\NC(=O)c2ccc(S(=O)(=O)N3CCCC3)cc2)cc1. The van der Waals surface area contributed by atoms with Crippen LogP contribution in [0, 0.1) is 0 Å². The van der Waals surface area contributed by atoms with Crippen LogP contribution in [-0.4, -0.2) is 44.5 Å². The molecule has 1 N–H and O–H groups in total. The van der Waals surface area contributed by atoms with E-state index < -0.39 is 15.9 Å². The summed E-state index contributed by atoms with van der Waals surface area (Å²) in [5.41, 5.74) is 3.61. The third kappa shape index (κ3) is 5.42. The Labute approximate surface area is 171 Å². The minimum absolute atomic E-state index is 0.199. The van der Waals surface area contributed by atoms with E-state index in [-0.39, 0.29) is 4.90 Å². The predicted octanol–water partition coefficient (Wildman–Crippen LogP) is 3.02. The second-order valence-corrected chi connectivity index (χ2v) is 8.69. The van der Waals surface area contributed by atoms with Crippen molar-refractivity contribution in [3.8, 4) is 5.75 Å². The second-order valence-electron chi connectivity index (χ2n) is 6.75. The van der Waals surface area contributed by atoms with Crippen LogP contribution in [0.3, 0.4) is 0 Å². The Hall–Kier alpha value is -2.71. The molecular formula is C21H25N3O4S. The highest BCUT2D eigenvalue weighted by atomic mass is 32.2. The van der Waals surface area contributed by atoms with Gasteiger partial charge in [-0.3, -0.25) is 4.79 Å². The Balaban J connectivity index is 1.57. The van der Waals surface area contributed by atoms with Gasteiger partial charge >= 0.3 is 0 Å². The van der Waals surface area contributed by atoms with Gasteiger partial charge in [0.05, 0.1) is 17.7 Å². The maximum atomic E-state index is 12.5. The number of benzene rings is 2. The van der Waals surface area contributed by atoms with Gasteiger partial charge in [0.15, 0.2) is 0 Å². The highest BCUT2D eigenvalue weighted by Crippen LogP contribution is 2.21. The Kier molecular flexibility index (Phi) is 7.00. The second kappa shape index (κ2) is 9.67. The van der Waals surface area contributed by atoms with E-state index in [1.165, 1.54) is 34.8 Å². The van der Waals surface area contributed by atoms with E-state index in [1.54, 1.807) is 0 Å². The molecular weight excluding hydrogens is 390 g/mol. The standard InChI is InChI=1S/C21H25N3O4S/c1-2-15-28-19-9-5-17(6-10-19)16-22-23-21(25)18-7-11-20(12-8-18)29(26,27)24-13-3-4-14-24/h5-12,16H,2-4,13-15H2,1H3,(H,23,25)/b22-16-. The van der Waals surface area contributed by atoms with E-state index in [9.17, 15) is 13.2 Å². The van der Waals surface area contributed by atoms with Crippen molar-refractivity contribution in [3.63, 3.8) is 0 Å². The lowest BCUT2D eigenvalue weighted by molar-refractivity contribution is 0.0955. The molecule has 1 amide bonds. The maximum absolute atomic E-state index is 12.5. The molecule has 154 valence electrons. The molecule has 2 aromatic carbocycles. The summed E-state index contributed by atoms with van der Waals surface area (Å²) in [5, 5.41) is 3.95. The molecule has 7 nitrogen and oxygen atoms in total. The van der Waals surface area contributed by atoms with Crippen molar-refractivity contribution in [2.24, 2.45) is 5.10 Å². The molecule has 0 radical (unpaired) electrons. The van der Waals surface area contributed by atoms with Crippen LogP contribution < -0.4 is 10.2 Å². The van der Waals surface area contributed by atoms with Gasteiger partial charge in [0, 0.05) is 18.7 Å². The first-order valence-corrected chi connectivity index (χ1v) is 11.1. The summed E-state index contributed by atoms with van der Waals surface area (Å²) in [6.07, 6.45) is 4.24. The zero-order valence-electron chi connectivity index (χ0n) is 16.4. The minimum Gasteiger partial charge on any atom is -0.494 e. The number of nitrogens with zero attached hydrogens (tertiary/aromatic N) is 2. The van der Waals surface area contributed by atoms with E-state index in [2.05, 4.69) is 10.5 Å². The number of rotatable bonds is 8. The van der Waals surface area contributed by atoms with Crippen LogP contribution in [0.5, 0.6) is 5.75 Å². The zero-order valence-corrected chi connectivity index (χ0v) is 17.2. The largest absolute Gasteiger partial charge is 0.494 e. The van der Waals surface area contributed by atoms with Gasteiger partial charge in [-0.25, -0.2) is 13.8 Å². The van der Waals surface area contributed by atoms with Crippen LogP contribution in [0.2, 0.25) is 0 Å². The molecule has 29 heavy (non-hydrogen) atoms. The molecule has 8 heteroatoms. The summed E-state index contributed by atoms with van der Waals surface area (Å²) in [6.45, 7) is 3.81. The lowest BCUT2D eigenvalue weighted by Crippen LogP contribution is -2.28. The van der Waals surface area contributed by atoms with E-state index in [4.69, 9.17) is 4.74 Å². The third-order valence-electron chi connectivity index (χ3n) is 4.55. The molecule has 1 aliphatic rings. The van der Waals surface area contributed by atoms with E-state index in [1.807, 2.05) is 31.2 Å². The van der Waals surface area contributed by atoms with Gasteiger partial charge in [0.1, 0.15) is 5.75 Å². The molecule has 0 bridgehead atoms. The fraction of sp³-hybridized carbons (Fsp3) is 0.333. The smallest absolute Gasteiger partial charge is 0.271 e.